The van der Waals surface area contributed by atoms with E-state index in [1.807, 2.05) is 0 Å². The molecule has 0 saturated carbocycles. The van der Waals surface area contributed by atoms with Crippen molar-refractivity contribution >= 4 is 24.1 Å². The molecule has 1 aliphatic rings. The van der Waals surface area contributed by atoms with E-state index in [2.05, 4.69) is 15.4 Å². The summed E-state index contributed by atoms with van der Waals surface area (Å²) in [5, 5.41) is 15.8. The Bertz CT molecular complexity index is 625. The summed E-state index contributed by atoms with van der Waals surface area (Å²) in [7, 11) is 1.27. The number of nitrogens with zero attached hydrogens (tertiary/aromatic N) is 1. The van der Waals surface area contributed by atoms with Crippen LogP contribution in [0.25, 0.3) is 0 Å². The van der Waals surface area contributed by atoms with Crippen LogP contribution in [0.2, 0.25) is 0 Å². The van der Waals surface area contributed by atoms with Crippen molar-refractivity contribution in [2.45, 2.75) is 77.4 Å². The number of aliphatic hydroxyl groups excluding tert-OH is 1. The van der Waals surface area contributed by atoms with E-state index in [-0.39, 0.29) is 6.42 Å². The van der Waals surface area contributed by atoms with E-state index in [0.29, 0.717) is 11.4 Å². The maximum Gasteiger partial charge on any atom is 0.419 e. The number of imide groups is 1. The molecule has 11 nitrogen and oxygen atoms in total. The van der Waals surface area contributed by atoms with E-state index in [1.54, 1.807) is 41.5 Å². The maximum atomic E-state index is 12.4. The lowest BCUT2D eigenvalue weighted by atomic mass is 10.1. The Hall–Kier alpha value is -2.40. The van der Waals surface area contributed by atoms with E-state index >= 15 is 0 Å². The molecule has 1 rings (SSSR count). The predicted molar refractivity (Wildman–Crippen MR) is 106 cm³/mol. The first-order valence-corrected chi connectivity index (χ1v) is 9.66. The average molecular weight is 431 g/mol. The van der Waals surface area contributed by atoms with Gasteiger partial charge in [0.2, 0.25) is 0 Å². The van der Waals surface area contributed by atoms with Gasteiger partial charge in [0.05, 0.1) is 13.7 Å². The van der Waals surface area contributed by atoms with E-state index < -0.39 is 60.0 Å². The Balaban J connectivity index is 2.79. The smallest absolute Gasteiger partial charge is 0.419 e. The average Bonchev–Trinajstić information content (AvgIpc) is 3.03. The Labute approximate surface area is 176 Å². The fraction of sp³-hybridized carbons (Fsp3) is 0.789. The second kappa shape index (κ2) is 10.1. The largest absolute Gasteiger partial charge is 0.468 e. The van der Waals surface area contributed by atoms with E-state index in [9.17, 15) is 24.3 Å². The van der Waals surface area contributed by atoms with E-state index in [1.165, 1.54) is 7.11 Å². The van der Waals surface area contributed by atoms with Gasteiger partial charge in [-0.05, 0) is 48.0 Å². The Kier molecular flexibility index (Phi) is 8.61. The van der Waals surface area contributed by atoms with Crippen LogP contribution in [0.1, 0.15) is 48.0 Å². The quantitative estimate of drug-likeness (QED) is 0.420. The van der Waals surface area contributed by atoms with Crippen molar-refractivity contribution in [1.82, 2.24) is 15.5 Å². The van der Waals surface area contributed by atoms with Gasteiger partial charge in [-0.25, -0.2) is 14.5 Å². The zero-order chi connectivity index (χ0) is 23.3. The van der Waals surface area contributed by atoms with Crippen LogP contribution in [0, 0.1) is 0 Å². The number of ether oxygens (including phenoxy) is 3. The monoisotopic (exact) mass is 431 g/mol. The third-order valence-electron chi connectivity index (χ3n) is 3.85. The molecule has 0 spiro atoms. The van der Waals surface area contributed by atoms with Gasteiger partial charge in [0.15, 0.2) is 6.10 Å². The van der Waals surface area contributed by atoms with Gasteiger partial charge in [-0.1, -0.05) is 0 Å². The van der Waals surface area contributed by atoms with Crippen molar-refractivity contribution in [2.24, 2.45) is 0 Å². The SMILES string of the molecule is COC(=O)[C@@H]1C[C@@H](NC(=O)[C@@H](O)CN(C(=O)OC(C)(C)C)C(=O)OC(C)(C)C)CN1. The summed E-state index contributed by atoms with van der Waals surface area (Å²) in [6, 6.07) is -0.981. The minimum Gasteiger partial charge on any atom is -0.468 e. The summed E-state index contributed by atoms with van der Waals surface area (Å²) in [6.45, 7) is 9.35. The van der Waals surface area contributed by atoms with Crippen molar-refractivity contribution < 1.29 is 38.5 Å². The van der Waals surface area contributed by atoms with Gasteiger partial charge in [-0.2, -0.15) is 0 Å². The van der Waals surface area contributed by atoms with Crippen molar-refractivity contribution in [2.75, 3.05) is 20.2 Å². The topological polar surface area (TPSA) is 144 Å². The molecule has 0 aromatic heterocycles. The molecule has 1 aliphatic heterocycles. The van der Waals surface area contributed by atoms with Crippen molar-refractivity contribution in [3.8, 4) is 0 Å². The number of methoxy groups -OCH3 is 1. The molecular formula is C19H33N3O8. The first-order valence-electron chi connectivity index (χ1n) is 9.66. The Morgan fingerprint density at radius 3 is 2.00 bits per heavy atom. The predicted octanol–water partition coefficient (Wildman–Crippen LogP) is 0.539. The standard InChI is InChI=1S/C19H33N3O8/c1-18(2,3)29-16(26)22(17(27)30-19(4,5)6)10-13(23)14(24)21-11-8-12(20-9-11)15(25)28-7/h11-13,20,23H,8-10H2,1-7H3,(H,21,24)/t11-,12+,13+/m1/s1. The van der Waals surface area contributed by atoms with Gasteiger partial charge in [0, 0.05) is 12.6 Å². The van der Waals surface area contributed by atoms with Crippen molar-refractivity contribution in [3.63, 3.8) is 0 Å². The van der Waals surface area contributed by atoms with Crippen LogP contribution in [0.3, 0.4) is 0 Å². The first kappa shape index (κ1) is 25.6. The fourth-order valence-electron chi connectivity index (χ4n) is 2.58. The molecule has 1 fully saturated rings. The van der Waals surface area contributed by atoms with E-state index in [4.69, 9.17) is 9.47 Å². The van der Waals surface area contributed by atoms with Crippen molar-refractivity contribution in [3.05, 3.63) is 0 Å². The summed E-state index contributed by atoms with van der Waals surface area (Å²) >= 11 is 0. The lowest BCUT2D eigenvalue weighted by molar-refractivity contribution is -0.142. The molecule has 0 aliphatic carbocycles. The highest BCUT2D eigenvalue weighted by Gasteiger charge is 2.36. The lowest BCUT2D eigenvalue weighted by Gasteiger charge is -2.29. The summed E-state index contributed by atoms with van der Waals surface area (Å²) < 4.78 is 15.0. The molecule has 0 unspecified atom stereocenters. The number of carbonyl (C=O) groups excluding carboxylic acids is 4. The fourth-order valence-corrected chi connectivity index (χ4v) is 2.58. The maximum absolute atomic E-state index is 12.4. The minimum absolute atomic E-state index is 0.285. The van der Waals surface area contributed by atoms with Gasteiger partial charge in [-0.15, -0.1) is 0 Å². The zero-order valence-electron chi connectivity index (χ0n) is 18.6. The van der Waals surface area contributed by atoms with Crippen molar-refractivity contribution in [1.29, 1.82) is 0 Å². The van der Waals surface area contributed by atoms with Crippen LogP contribution in [0.4, 0.5) is 9.59 Å². The van der Waals surface area contributed by atoms with Crippen LogP contribution in [0.5, 0.6) is 0 Å². The summed E-state index contributed by atoms with van der Waals surface area (Å²) in [5.41, 5.74) is -1.80. The number of rotatable bonds is 5. The van der Waals surface area contributed by atoms with Crippen LogP contribution in [0.15, 0.2) is 0 Å². The minimum atomic E-state index is -1.72. The van der Waals surface area contributed by atoms with Crippen LogP contribution < -0.4 is 10.6 Å². The van der Waals surface area contributed by atoms with Gasteiger partial charge >= 0.3 is 18.2 Å². The number of aliphatic hydroxyl groups is 1. The molecular weight excluding hydrogens is 398 g/mol. The number of nitrogens with one attached hydrogen (secondary N) is 2. The second-order valence-corrected chi connectivity index (χ2v) is 9.01. The van der Waals surface area contributed by atoms with Gasteiger partial charge in [-0.3, -0.25) is 9.59 Å². The van der Waals surface area contributed by atoms with Gasteiger partial charge in [0.25, 0.3) is 5.91 Å². The second-order valence-electron chi connectivity index (χ2n) is 9.01. The molecule has 0 bridgehead atoms. The van der Waals surface area contributed by atoms with Gasteiger partial charge in [0.1, 0.15) is 17.2 Å². The van der Waals surface area contributed by atoms with Crippen LogP contribution in [-0.2, 0) is 23.8 Å². The molecule has 3 amide bonds. The molecule has 1 heterocycles. The molecule has 30 heavy (non-hydrogen) atoms. The first-order chi connectivity index (χ1) is 13.6. The number of hydrogen-bond donors (Lipinski definition) is 3. The number of amides is 3. The lowest BCUT2D eigenvalue weighted by Crippen LogP contribution is -2.51. The number of esters is 1. The zero-order valence-corrected chi connectivity index (χ0v) is 18.6. The summed E-state index contributed by atoms with van der Waals surface area (Å²) in [5.74, 6) is -1.25. The molecule has 1 saturated heterocycles. The number of hydrogen-bond acceptors (Lipinski definition) is 9. The molecule has 0 radical (unpaired) electrons. The molecule has 0 aromatic rings. The molecule has 3 N–H and O–H groups in total. The molecule has 11 heteroatoms. The van der Waals surface area contributed by atoms with Crippen LogP contribution in [-0.4, -0.2) is 83.7 Å². The molecule has 0 aromatic carbocycles. The Morgan fingerprint density at radius 1 is 1.07 bits per heavy atom. The normalized spacial score (nSPS) is 20.1. The number of carbonyl (C=O) groups is 4. The molecule has 172 valence electrons. The third-order valence-corrected chi connectivity index (χ3v) is 3.85. The van der Waals surface area contributed by atoms with E-state index in [0.717, 1.165) is 0 Å². The highest BCUT2D eigenvalue weighted by Crippen LogP contribution is 2.15. The van der Waals surface area contributed by atoms with Gasteiger partial charge < -0.3 is 30.0 Å². The third kappa shape index (κ3) is 8.54. The summed E-state index contributed by atoms with van der Waals surface area (Å²) in [6.07, 6.45) is -3.52. The highest BCUT2D eigenvalue weighted by molar-refractivity contribution is 5.90. The summed E-state index contributed by atoms with van der Waals surface area (Å²) in [4.78, 5) is 49.3. The highest BCUT2D eigenvalue weighted by atomic mass is 16.6. The Morgan fingerprint density at radius 2 is 1.57 bits per heavy atom. The van der Waals surface area contributed by atoms with Crippen LogP contribution >= 0.6 is 0 Å². The molecule has 3 atom stereocenters.